The molecule has 4 nitrogen and oxygen atoms in total. The molecule has 4 unspecified atom stereocenters. The zero-order valence-corrected chi connectivity index (χ0v) is 57.6. The van der Waals surface area contributed by atoms with E-state index in [2.05, 4.69) is 303 Å². The van der Waals surface area contributed by atoms with Crippen LogP contribution in [-0.2, 0) is 10.8 Å². The molecular formula is C86H79Cl2FN4S2. The molecule has 4 aliphatic rings. The minimum atomic E-state index is -0.350. The first-order chi connectivity index (χ1) is 46.3. The van der Waals surface area contributed by atoms with Gasteiger partial charge in [0.05, 0.1) is 32.5 Å². The summed E-state index contributed by atoms with van der Waals surface area (Å²) in [5, 5.41) is 5.88. The van der Waals surface area contributed by atoms with Gasteiger partial charge in [0.1, 0.15) is 5.82 Å². The minimum Gasteiger partial charge on any atom is -0.333 e. The van der Waals surface area contributed by atoms with Gasteiger partial charge in [0, 0.05) is 71.0 Å². The first kappa shape index (κ1) is 63.9. The molecule has 0 saturated heterocycles. The normalized spacial score (nSPS) is 20.2. The Morgan fingerprint density at radius 1 is 0.358 bits per heavy atom. The molecule has 2 saturated carbocycles. The highest BCUT2D eigenvalue weighted by atomic mass is 35.5. The fourth-order valence-corrected chi connectivity index (χ4v) is 17.7. The zero-order chi connectivity index (χ0) is 65.3. The van der Waals surface area contributed by atoms with Crippen LogP contribution in [0.2, 0.25) is 10.0 Å². The van der Waals surface area contributed by atoms with Crippen LogP contribution in [0.25, 0.3) is 21.5 Å². The summed E-state index contributed by atoms with van der Waals surface area (Å²) in [6.45, 7) is 9.68. The molecule has 4 atom stereocenters. The van der Waals surface area contributed by atoms with Gasteiger partial charge >= 0.3 is 0 Å². The zero-order valence-electron chi connectivity index (χ0n) is 54.4. The van der Waals surface area contributed by atoms with Crippen LogP contribution in [0.4, 0.5) is 61.3 Å². The van der Waals surface area contributed by atoms with Crippen molar-refractivity contribution >= 4 is 126 Å². The van der Waals surface area contributed by atoms with Crippen LogP contribution in [-0.4, -0.2) is 11.1 Å². The van der Waals surface area contributed by atoms with Gasteiger partial charge in [-0.3, -0.25) is 0 Å². The number of fused-ring (bicyclic) bond motifs is 8. The highest BCUT2D eigenvalue weighted by Crippen LogP contribution is 2.63. The molecule has 2 heterocycles. The van der Waals surface area contributed by atoms with E-state index < -0.39 is 0 Å². The van der Waals surface area contributed by atoms with Gasteiger partial charge < -0.3 is 19.6 Å². The molecule has 0 N–H and O–H groups in total. The van der Waals surface area contributed by atoms with E-state index in [0.717, 1.165) is 79.6 Å². The Hall–Kier alpha value is -8.43. The topological polar surface area (TPSA) is 13.0 Å². The molecule has 0 radical (unpaired) electrons. The highest BCUT2D eigenvalue weighted by Gasteiger charge is 2.58. The average molecular weight is 1320 g/mol. The number of hydrogen-bond donors (Lipinski definition) is 1. The lowest BCUT2D eigenvalue weighted by atomic mass is 9.66. The third-order valence-electron chi connectivity index (χ3n) is 21.3. The van der Waals surface area contributed by atoms with Gasteiger partial charge in [0.15, 0.2) is 0 Å². The molecule has 476 valence electrons. The maximum atomic E-state index is 14.2. The Morgan fingerprint density at radius 2 is 0.747 bits per heavy atom. The predicted molar refractivity (Wildman–Crippen MR) is 406 cm³/mol. The number of benzene rings is 12. The largest absolute Gasteiger partial charge is 0.333 e. The fourth-order valence-electron chi connectivity index (χ4n) is 16.0. The molecule has 2 aliphatic carbocycles. The number of halogens is 3. The number of hydrogen-bond acceptors (Lipinski definition) is 6. The number of thiol groups is 1. The lowest BCUT2D eigenvalue weighted by Crippen LogP contribution is -2.52. The Kier molecular flexibility index (Phi) is 18.2. The Balaban J connectivity index is 0.000000136. The minimum absolute atomic E-state index is 0.0388. The van der Waals surface area contributed by atoms with Crippen molar-refractivity contribution in [2.75, 3.05) is 19.6 Å². The molecule has 2 aliphatic heterocycles. The third kappa shape index (κ3) is 12.0. The molecule has 12 aromatic rings. The lowest BCUT2D eigenvalue weighted by Gasteiger charge is -2.46. The van der Waals surface area contributed by atoms with Gasteiger partial charge in [-0.25, -0.2) is 4.39 Å². The Bertz CT molecular complexity index is 4630. The molecule has 2 fully saturated rings. The SMILES string of the molecule is CC12CCCCCC1(C)N(c1cccc(F)c1Cl)c1ccccc12.CC12CCCCCC1(C)N(c1cccc(Sc3ccc4ccc(N(c5ccccc5)c5ccccc5)cc4c3)c1Cl)c1ccccc12.Sc1ccc2ccc(N(c3ccccc3)c3ccccc3)cc2c1. The van der Waals surface area contributed by atoms with Crippen LogP contribution in [0.15, 0.2) is 294 Å². The molecule has 0 spiro atoms. The van der Waals surface area contributed by atoms with Gasteiger partial charge in [-0.2, -0.15) is 0 Å². The van der Waals surface area contributed by atoms with Crippen LogP contribution >= 0.6 is 47.6 Å². The van der Waals surface area contributed by atoms with Crippen molar-refractivity contribution in [3.8, 4) is 0 Å². The van der Waals surface area contributed by atoms with Crippen molar-refractivity contribution in [2.45, 2.75) is 128 Å². The second-order valence-corrected chi connectivity index (χ2v) is 29.1. The Morgan fingerprint density at radius 3 is 1.23 bits per heavy atom. The summed E-state index contributed by atoms with van der Waals surface area (Å²) in [6.07, 6.45) is 12.1. The Labute approximate surface area is 580 Å². The van der Waals surface area contributed by atoms with E-state index in [1.807, 2.05) is 24.3 Å². The maximum Gasteiger partial charge on any atom is 0.143 e. The van der Waals surface area contributed by atoms with Crippen LogP contribution in [0, 0.1) is 5.82 Å². The van der Waals surface area contributed by atoms with E-state index in [-0.39, 0.29) is 32.7 Å². The number of para-hydroxylation sites is 6. The molecule has 9 heteroatoms. The van der Waals surface area contributed by atoms with Crippen molar-refractivity contribution in [1.82, 2.24) is 0 Å². The summed E-state index contributed by atoms with van der Waals surface area (Å²) < 4.78 is 14.2. The van der Waals surface area contributed by atoms with Crippen molar-refractivity contribution < 1.29 is 4.39 Å². The molecule has 16 rings (SSSR count). The molecule has 12 aromatic carbocycles. The number of rotatable bonds is 10. The van der Waals surface area contributed by atoms with Crippen molar-refractivity contribution in [2.24, 2.45) is 0 Å². The maximum absolute atomic E-state index is 14.2. The standard InChI is InChI=1S/C43H39ClN2S.C22H17NS.C21H23ClFN/c1-42-27-12-5-13-28-43(42,2)46(38-20-11-10-19-37(38)42)39-21-14-22-40(41(39)44)47-36-26-24-31-23-25-35(29-32(31)30-36)45(33-15-6-3-7-16-33)34-17-8-4-9-18-34;24-22-14-12-17-11-13-21(15-18(17)16-22)23(19-7-3-1-4-8-19)20-9-5-2-6-10-20;1-20-13-6-3-7-14-21(20,2)24(17-11-5-4-9-15(17)20)18-12-8-10-16(23)19(18)22/h3-4,6-11,14-26,29-30H,5,12-13,27-28H2,1-2H3;1-16,24H;4-5,8-12H,3,6-7,13-14H2,1-2H3. The van der Waals surface area contributed by atoms with Gasteiger partial charge in [-0.05, 0) is 206 Å². The summed E-state index contributed by atoms with van der Waals surface area (Å²) in [6, 6.07) is 97.6. The molecule has 95 heavy (non-hydrogen) atoms. The second kappa shape index (κ2) is 27.0. The van der Waals surface area contributed by atoms with Crippen LogP contribution in [0.5, 0.6) is 0 Å². The summed E-state index contributed by atoms with van der Waals surface area (Å²) in [5.41, 5.74) is 14.0. The quantitative estimate of drug-likeness (QED) is 0.137. The second-order valence-electron chi connectivity index (χ2n) is 26.7. The third-order valence-corrected chi connectivity index (χ3v) is 23.5. The van der Waals surface area contributed by atoms with Crippen LogP contribution in [0.3, 0.4) is 0 Å². The number of nitrogens with zero attached hydrogens (tertiary/aromatic N) is 4. The van der Waals surface area contributed by atoms with Crippen molar-refractivity contribution in [3.63, 3.8) is 0 Å². The lowest BCUT2D eigenvalue weighted by molar-refractivity contribution is 0.261. The van der Waals surface area contributed by atoms with E-state index in [4.69, 9.17) is 23.2 Å². The van der Waals surface area contributed by atoms with Gasteiger partial charge in [0.2, 0.25) is 0 Å². The van der Waals surface area contributed by atoms with E-state index in [1.54, 1.807) is 17.8 Å². The number of anilines is 10. The summed E-state index contributed by atoms with van der Waals surface area (Å²) in [5.74, 6) is -0.350. The van der Waals surface area contributed by atoms with Crippen molar-refractivity contribution in [3.05, 3.63) is 306 Å². The summed E-state index contributed by atoms with van der Waals surface area (Å²) in [4.78, 5) is 12.7. The summed E-state index contributed by atoms with van der Waals surface area (Å²) >= 11 is 20.1. The first-order valence-electron chi connectivity index (χ1n) is 33.5. The van der Waals surface area contributed by atoms with E-state index in [0.29, 0.717) is 0 Å². The molecule has 0 bridgehead atoms. The monoisotopic (exact) mass is 1320 g/mol. The molecule has 0 aromatic heterocycles. The van der Waals surface area contributed by atoms with Gasteiger partial charge in [0.25, 0.3) is 0 Å². The first-order valence-corrected chi connectivity index (χ1v) is 35.6. The summed E-state index contributed by atoms with van der Waals surface area (Å²) in [7, 11) is 0. The van der Waals surface area contributed by atoms with Crippen LogP contribution in [0.1, 0.15) is 103 Å². The predicted octanol–water partition coefficient (Wildman–Crippen LogP) is 26.5. The van der Waals surface area contributed by atoms with E-state index >= 15 is 0 Å². The van der Waals surface area contributed by atoms with Crippen molar-refractivity contribution in [1.29, 1.82) is 0 Å². The smallest absolute Gasteiger partial charge is 0.143 e. The average Bonchev–Trinajstić information content (AvgIpc) is 1.55. The molecular weight excluding hydrogens is 1240 g/mol. The van der Waals surface area contributed by atoms with Gasteiger partial charge in [-0.1, -0.05) is 233 Å². The molecule has 0 amide bonds. The van der Waals surface area contributed by atoms with E-state index in [1.165, 1.54) is 100.0 Å². The van der Waals surface area contributed by atoms with E-state index in [9.17, 15) is 4.39 Å². The van der Waals surface area contributed by atoms with Gasteiger partial charge in [-0.15, -0.1) is 12.6 Å². The van der Waals surface area contributed by atoms with Crippen LogP contribution < -0.4 is 19.6 Å². The fraction of sp³-hybridized carbons (Fsp3) is 0.209. The highest BCUT2D eigenvalue weighted by molar-refractivity contribution is 7.99.